The standard InChI is InChI=1S/C22H28N4O10S2/c1-34-21-8-3-17(26(28)29)15-20(21)25(37(2,30)31)16-22(27)23-9-12-36-18-4-6-19(7-5-18)38(32,33)24-10-13-35-14-11-24/h3-8,15H,9-14,16H2,1-2H3,(H,23,27). The van der Waals surface area contributed by atoms with Gasteiger partial charge in [-0.1, -0.05) is 0 Å². The number of morpholine rings is 1. The second kappa shape index (κ2) is 12.4. The molecular weight excluding hydrogens is 544 g/mol. The molecule has 0 aliphatic carbocycles. The number of non-ortho nitro benzene ring substituents is 1. The molecule has 0 atom stereocenters. The van der Waals surface area contributed by atoms with Crippen molar-refractivity contribution in [1.82, 2.24) is 9.62 Å². The molecule has 1 fully saturated rings. The van der Waals surface area contributed by atoms with Gasteiger partial charge in [-0.2, -0.15) is 4.31 Å². The van der Waals surface area contributed by atoms with E-state index >= 15 is 0 Å². The van der Waals surface area contributed by atoms with Crippen LogP contribution >= 0.6 is 0 Å². The van der Waals surface area contributed by atoms with E-state index < -0.39 is 37.4 Å². The Morgan fingerprint density at radius 1 is 1.13 bits per heavy atom. The average Bonchev–Trinajstić information content (AvgIpc) is 2.89. The van der Waals surface area contributed by atoms with E-state index in [1.165, 1.54) is 41.7 Å². The van der Waals surface area contributed by atoms with Gasteiger partial charge in [0, 0.05) is 25.2 Å². The summed E-state index contributed by atoms with van der Waals surface area (Å²) in [5.41, 5.74) is -0.519. The number of nitrogens with zero attached hydrogens (tertiary/aromatic N) is 3. The van der Waals surface area contributed by atoms with Crippen LogP contribution in [-0.2, 0) is 29.6 Å². The van der Waals surface area contributed by atoms with Crippen molar-refractivity contribution in [3.63, 3.8) is 0 Å². The topological polar surface area (TPSA) is 175 Å². The molecule has 0 radical (unpaired) electrons. The van der Waals surface area contributed by atoms with Gasteiger partial charge >= 0.3 is 0 Å². The Hall–Kier alpha value is -3.47. The number of nitro groups is 1. The highest BCUT2D eigenvalue weighted by Crippen LogP contribution is 2.33. The van der Waals surface area contributed by atoms with Gasteiger partial charge < -0.3 is 19.5 Å². The number of ether oxygens (including phenoxy) is 3. The van der Waals surface area contributed by atoms with E-state index in [4.69, 9.17) is 14.2 Å². The second-order valence-electron chi connectivity index (χ2n) is 8.07. The van der Waals surface area contributed by atoms with Gasteiger partial charge in [0.05, 0.1) is 42.9 Å². The molecule has 0 saturated carbocycles. The summed E-state index contributed by atoms with van der Waals surface area (Å²) in [5, 5.41) is 13.7. The average molecular weight is 573 g/mol. The number of hydrogen-bond donors (Lipinski definition) is 1. The number of rotatable bonds is 12. The van der Waals surface area contributed by atoms with Gasteiger partial charge in [0.25, 0.3) is 5.69 Å². The van der Waals surface area contributed by atoms with E-state index in [2.05, 4.69) is 5.32 Å². The number of methoxy groups -OCH3 is 1. The van der Waals surface area contributed by atoms with Gasteiger partial charge in [-0.05, 0) is 30.3 Å². The Morgan fingerprint density at radius 2 is 1.79 bits per heavy atom. The molecular formula is C22H28N4O10S2. The number of anilines is 1. The minimum Gasteiger partial charge on any atom is -0.495 e. The molecule has 1 aliphatic rings. The second-order valence-corrected chi connectivity index (χ2v) is 11.9. The summed E-state index contributed by atoms with van der Waals surface area (Å²) in [5.74, 6) is -0.268. The maximum absolute atomic E-state index is 12.7. The molecule has 38 heavy (non-hydrogen) atoms. The van der Waals surface area contributed by atoms with Crippen molar-refractivity contribution in [3.8, 4) is 11.5 Å². The van der Waals surface area contributed by atoms with Crippen molar-refractivity contribution in [2.45, 2.75) is 4.90 Å². The molecule has 208 valence electrons. The normalized spacial score (nSPS) is 14.5. The van der Waals surface area contributed by atoms with Gasteiger partial charge in [-0.3, -0.25) is 19.2 Å². The molecule has 1 saturated heterocycles. The zero-order chi connectivity index (χ0) is 27.9. The maximum atomic E-state index is 12.7. The molecule has 0 aromatic heterocycles. The molecule has 1 N–H and O–H groups in total. The van der Waals surface area contributed by atoms with Gasteiger partial charge in [-0.15, -0.1) is 0 Å². The van der Waals surface area contributed by atoms with Crippen LogP contribution in [0.3, 0.4) is 0 Å². The van der Waals surface area contributed by atoms with Crippen LogP contribution < -0.4 is 19.1 Å². The first-order valence-corrected chi connectivity index (χ1v) is 14.6. The Balaban J connectivity index is 1.57. The number of amides is 1. The highest BCUT2D eigenvalue weighted by molar-refractivity contribution is 7.92. The number of sulfonamides is 2. The van der Waals surface area contributed by atoms with Crippen molar-refractivity contribution in [1.29, 1.82) is 0 Å². The summed E-state index contributed by atoms with van der Waals surface area (Å²) in [6.07, 6.45) is 0.866. The quantitative estimate of drug-likeness (QED) is 0.215. The van der Waals surface area contributed by atoms with Gasteiger partial charge in [0.1, 0.15) is 30.3 Å². The monoisotopic (exact) mass is 572 g/mol. The van der Waals surface area contributed by atoms with E-state index in [1.54, 1.807) is 0 Å². The van der Waals surface area contributed by atoms with E-state index in [0.29, 0.717) is 23.3 Å². The Bertz CT molecular complexity index is 1360. The molecule has 1 heterocycles. The molecule has 2 aromatic carbocycles. The van der Waals surface area contributed by atoms with Crippen molar-refractivity contribution < 1.29 is 40.8 Å². The van der Waals surface area contributed by atoms with E-state index in [1.807, 2.05) is 0 Å². The van der Waals surface area contributed by atoms with Crippen LogP contribution in [0.4, 0.5) is 11.4 Å². The number of carbonyl (C=O) groups is 1. The molecule has 14 nitrogen and oxygen atoms in total. The van der Waals surface area contributed by atoms with Gasteiger partial charge in [0.15, 0.2) is 0 Å². The highest BCUT2D eigenvalue weighted by Gasteiger charge is 2.27. The largest absolute Gasteiger partial charge is 0.495 e. The Kier molecular flexibility index (Phi) is 9.48. The lowest BCUT2D eigenvalue weighted by molar-refractivity contribution is -0.384. The lowest BCUT2D eigenvalue weighted by Crippen LogP contribution is -2.41. The Labute approximate surface area is 220 Å². The number of nitro benzene ring substituents is 1. The zero-order valence-electron chi connectivity index (χ0n) is 20.7. The van der Waals surface area contributed by atoms with Crippen molar-refractivity contribution in [2.75, 3.05) is 63.7 Å². The first-order chi connectivity index (χ1) is 17.9. The van der Waals surface area contributed by atoms with E-state index in [0.717, 1.165) is 18.4 Å². The van der Waals surface area contributed by atoms with Gasteiger partial charge in [-0.25, -0.2) is 16.8 Å². The fourth-order valence-corrected chi connectivity index (χ4v) is 5.82. The molecule has 1 aliphatic heterocycles. The first-order valence-electron chi connectivity index (χ1n) is 11.3. The van der Waals surface area contributed by atoms with Crippen LogP contribution in [0.1, 0.15) is 0 Å². The Morgan fingerprint density at radius 3 is 2.37 bits per heavy atom. The van der Waals surface area contributed by atoms with Crippen LogP contribution in [0.5, 0.6) is 11.5 Å². The first kappa shape index (κ1) is 29.1. The molecule has 2 aromatic rings. The van der Waals surface area contributed by atoms with Crippen molar-refractivity contribution >= 4 is 37.3 Å². The lowest BCUT2D eigenvalue weighted by atomic mass is 10.2. The molecule has 0 spiro atoms. The minimum absolute atomic E-state index is 0.0103. The van der Waals surface area contributed by atoms with Crippen LogP contribution in [0.2, 0.25) is 0 Å². The molecule has 16 heteroatoms. The predicted octanol–water partition coefficient (Wildman–Crippen LogP) is 0.586. The fourth-order valence-electron chi connectivity index (χ4n) is 3.56. The third kappa shape index (κ3) is 7.31. The lowest BCUT2D eigenvalue weighted by Gasteiger charge is -2.26. The summed E-state index contributed by atoms with van der Waals surface area (Å²) in [4.78, 5) is 23.1. The highest BCUT2D eigenvalue weighted by atomic mass is 32.2. The van der Waals surface area contributed by atoms with Crippen LogP contribution in [0.15, 0.2) is 47.4 Å². The zero-order valence-corrected chi connectivity index (χ0v) is 22.4. The smallest absolute Gasteiger partial charge is 0.271 e. The molecule has 3 rings (SSSR count). The molecule has 0 unspecified atom stereocenters. The van der Waals surface area contributed by atoms with E-state index in [9.17, 15) is 31.7 Å². The van der Waals surface area contributed by atoms with Crippen LogP contribution in [-0.4, -0.2) is 91.3 Å². The maximum Gasteiger partial charge on any atom is 0.271 e. The third-order valence-electron chi connectivity index (χ3n) is 5.45. The third-order valence-corrected chi connectivity index (χ3v) is 8.49. The number of nitrogens with one attached hydrogen (secondary N) is 1. The van der Waals surface area contributed by atoms with Crippen LogP contribution in [0.25, 0.3) is 0 Å². The fraction of sp³-hybridized carbons (Fsp3) is 0.409. The molecule has 0 bridgehead atoms. The molecule has 1 amide bonds. The number of carbonyl (C=O) groups excluding carboxylic acids is 1. The SMILES string of the molecule is COc1ccc([N+](=O)[O-])cc1N(CC(=O)NCCOc1ccc(S(=O)(=O)N2CCOCC2)cc1)S(C)(=O)=O. The van der Waals surface area contributed by atoms with Gasteiger partial charge in [0.2, 0.25) is 26.0 Å². The summed E-state index contributed by atoms with van der Waals surface area (Å²) < 4.78 is 68.0. The van der Waals surface area contributed by atoms with E-state index in [-0.39, 0.29) is 48.3 Å². The predicted molar refractivity (Wildman–Crippen MR) is 136 cm³/mol. The van der Waals surface area contributed by atoms with Crippen LogP contribution in [0, 0.1) is 10.1 Å². The summed E-state index contributed by atoms with van der Waals surface area (Å²) in [7, 11) is -6.37. The summed E-state index contributed by atoms with van der Waals surface area (Å²) in [6.45, 7) is 0.622. The number of hydrogen-bond acceptors (Lipinski definition) is 10. The number of benzene rings is 2. The minimum atomic E-state index is -4.01. The van der Waals surface area contributed by atoms with Crippen molar-refractivity contribution in [2.24, 2.45) is 0 Å². The summed E-state index contributed by atoms with van der Waals surface area (Å²) >= 11 is 0. The summed E-state index contributed by atoms with van der Waals surface area (Å²) in [6, 6.07) is 9.26. The van der Waals surface area contributed by atoms with Crippen molar-refractivity contribution in [3.05, 3.63) is 52.6 Å².